The van der Waals surface area contributed by atoms with Gasteiger partial charge in [0.2, 0.25) is 0 Å². The molecule has 0 aliphatic carbocycles. The Hall–Kier alpha value is -2.62. The molecule has 0 radical (unpaired) electrons. The molecule has 4 heteroatoms. The molecule has 0 N–H and O–H groups in total. The van der Waals surface area contributed by atoms with Crippen LogP contribution < -0.4 is 5.11 Å². The van der Waals surface area contributed by atoms with Gasteiger partial charge >= 0.3 is 5.97 Å². The Morgan fingerprint density at radius 3 is 2.35 bits per heavy atom. The third-order valence-electron chi connectivity index (χ3n) is 3.43. The van der Waals surface area contributed by atoms with Gasteiger partial charge in [-0.1, -0.05) is 48.5 Å². The molecule has 2 aromatic rings. The van der Waals surface area contributed by atoms with Gasteiger partial charge in [-0.3, -0.25) is 0 Å². The Bertz CT molecular complexity index is 663. The van der Waals surface area contributed by atoms with E-state index in [2.05, 4.69) is 0 Å². The first-order valence-electron chi connectivity index (χ1n) is 6.24. The summed E-state index contributed by atoms with van der Waals surface area (Å²) in [5.41, 5.74) is 1.37. The van der Waals surface area contributed by atoms with E-state index in [4.69, 9.17) is 4.74 Å². The molecular weight excluding hydrogens is 256 g/mol. The lowest BCUT2D eigenvalue weighted by atomic mass is 9.84. The van der Waals surface area contributed by atoms with E-state index >= 15 is 0 Å². The van der Waals surface area contributed by atoms with Gasteiger partial charge in [-0.2, -0.15) is 0 Å². The lowest BCUT2D eigenvalue weighted by Gasteiger charge is -2.33. The predicted molar refractivity (Wildman–Crippen MR) is 68.8 cm³/mol. The van der Waals surface area contributed by atoms with Crippen LogP contribution in [0.5, 0.6) is 0 Å². The smallest absolute Gasteiger partial charge is 0.339 e. The van der Waals surface area contributed by atoms with Crippen LogP contribution in [0.3, 0.4) is 0 Å². The number of hydrogen-bond acceptors (Lipinski definition) is 4. The molecule has 2 aromatic carbocycles. The average molecular weight is 267 g/mol. The molecule has 0 unspecified atom stereocenters. The summed E-state index contributed by atoms with van der Waals surface area (Å²) >= 11 is 0. The Morgan fingerprint density at radius 1 is 1.00 bits per heavy atom. The number of carbonyl (C=O) groups excluding carboxylic acids is 2. The van der Waals surface area contributed by atoms with E-state index in [1.54, 1.807) is 48.5 Å². The highest BCUT2D eigenvalue weighted by Gasteiger charge is 2.37. The number of aliphatic carboxylic acids is 1. The molecule has 20 heavy (non-hydrogen) atoms. The van der Waals surface area contributed by atoms with Gasteiger partial charge in [0, 0.05) is 0 Å². The van der Waals surface area contributed by atoms with Gasteiger partial charge in [0.15, 0.2) is 0 Å². The zero-order valence-corrected chi connectivity index (χ0v) is 10.5. The van der Waals surface area contributed by atoms with E-state index in [1.807, 2.05) is 6.07 Å². The second-order valence-electron chi connectivity index (χ2n) is 4.62. The summed E-state index contributed by atoms with van der Waals surface area (Å²) in [5, 5.41) is 11.5. The second-order valence-corrected chi connectivity index (χ2v) is 4.62. The fourth-order valence-corrected chi connectivity index (χ4v) is 2.52. The highest BCUT2D eigenvalue weighted by Crippen LogP contribution is 2.40. The monoisotopic (exact) mass is 267 g/mol. The molecule has 3 rings (SSSR count). The van der Waals surface area contributed by atoms with Gasteiger partial charge in [0.1, 0.15) is 6.10 Å². The summed E-state index contributed by atoms with van der Waals surface area (Å²) in [6.07, 6.45) is -0.858. The normalized spacial score (nSPS) is 20.9. The number of carbonyl (C=O) groups is 2. The number of carboxylic acids is 1. The van der Waals surface area contributed by atoms with Crippen LogP contribution in [0.1, 0.15) is 33.5 Å². The summed E-state index contributed by atoms with van der Waals surface area (Å²) in [4.78, 5) is 23.5. The molecule has 2 atom stereocenters. The SMILES string of the molecule is O=C1O[C@H](c2ccccc2)[C@H](C(=O)[O-])c2ccccc21. The molecule has 1 heterocycles. The number of hydrogen-bond donors (Lipinski definition) is 0. The minimum Gasteiger partial charge on any atom is -0.549 e. The van der Waals surface area contributed by atoms with Gasteiger partial charge in [-0.05, 0) is 17.2 Å². The number of rotatable bonds is 2. The lowest BCUT2D eigenvalue weighted by Crippen LogP contribution is -2.38. The Morgan fingerprint density at radius 2 is 1.65 bits per heavy atom. The fourth-order valence-electron chi connectivity index (χ4n) is 2.52. The molecule has 0 bridgehead atoms. The Labute approximate surface area is 115 Å². The molecule has 0 saturated carbocycles. The van der Waals surface area contributed by atoms with Crippen LogP contribution in [0.25, 0.3) is 0 Å². The first-order valence-corrected chi connectivity index (χ1v) is 6.24. The van der Waals surface area contributed by atoms with Gasteiger partial charge < -0.3 is 14.6 Å². The highest BCUT2D eigenvalue weighted by molar-refractivity contribution is 5.95. The van der Waals surface area contributed by atoms with Crippen molar-refractivity contribution in [2.45, 2.75) is 12.0 Å². The number of carboxylic acid groups (broad SMARTS) is 1. The lowest BCUT2D eigenvalue weighted by molar-refractivity contribution is -0.310. The van der Waals surface area contributed by atoms with Crippen LogP contribution in [-0.2, 0) is 9.53 Å². The van der Waals surface area contributed by atoms with Crippen LogP contribution in [-0.4, -0.2) is 11.9 Å². The molecule has 1 aliphatic rings. The minimum absolute atomic E-state index is 0.286. The van der Waals surface area contributed by atoms with Crippen molar-refractivity contribution in [3.05, 3.63) is 71.3 Å². The van der Waals surface area contributed by atoms with Crippen molar-refractivity contribution in [2.24, 2.45) is 0 Å². The summed E-state index contributed by atoms with van der Waals surface area (Å²) < 4.78 is 5.31. The minimum atomic E-state index is -1.25. The van der Waals surface area contributed by atoms with Gasteiger partial charge in [0.25, 0.3) is 0 Å². The average Bonchev–Trinajstić information content (AvgIpc) is 2.47. The largest absolute Gasteiger partial charge is 0.549 e. The molecule has 1 aliphatic heterocycles. The van der Waals surface area contributed by atoms with Crippen molar-refractivity contribution < 1.29 is 19.4 Å². The maximum absolute atomic E-state index is 12.0. The predicted octanol–water partition coefficient (Wildman–Crippen LogP) is 1.43. The van der Waals surface area contributed by atoms with Gasteiger partial charge in [-0.25, -0.2) is 4.79 Å². The number of ether oxygens (including phenoxy) is 1. The maximum Gasteiger partial charge on any atom is 0.339 e. The first-order chi connectivity index (χ1) is 9.68. The van der Waals surface area contributed by atoms with Crippen molar-refractivity contribution >= 4 is 11.9 Å². The Balaban J connectivity index is 2.14. The van der Waals surface area contributed by atoms with Gasteiger partial charge in [0.05, 0.1) is 17.5 Å². The van der Waals surface area contributed by atoms with Crippen molar-refractivity contribution in [2.75, 3.05) is 0 Å². The molecule has 0 amide bonds. The number of fused-ring (bicyclic) bond motifs is 1. The van der Waals surface area contributed by atoms with Crippen LogP contribution >= 0.6 is 0 Å². The topological polar surface area (TPSA) is 66.4 Å². The van der Waals surface area contributed by atoms with Crippen molar-refractivity contribution in [3.8, 4) is 0 Å². The zero-order chi connectivity index (χ0) is 14.1. The van der Waals surface area contributed by atoms with E-state index < -0.39 is 24.0 Å². The zero-order valence-electron chi connectivity index (χ0n) is 10.5. The third-order valence-corrected chi connectivity index (χ3v) is 3.43. The van der Waals surface area contributed by atoms with Crippen LogP contribution in [0.4, 0.5) is 0 Å². The number of cyclic esters (lactones) is 1. The molecule has 4 nitrogen and oxygen atoms in total. The van der Waals surface area contributed by atoms with Crippen molar-refractivity contribution in [1.29, 1.82) is 0 Å². The summed E-state index contributed by atoms with van der Waals surface area (Å²) in [6, 6.07) is 15.4. The van der Waals surface area contributed by atoms with Crippen molar-refractivity contribution in [3.63, 3.8) is 0 Å². The van der Waals surface area contributed by atoms with E-state index in [0.29, 0.717) is 11.1 Å². The number of benzene rings is 2. The number of esters is 1. The third kappa shape index (κ3) is 1.95. The second kappa shape index (κ2) is 4.81. The van der Waals surface area contributed by atoms with Gasteiger partial charge in [-0.15, -0.1) is 0 Å². The van der Waals surface area contributed by atoms with E-state index in [-0.39, 0.29) is 5.56 Å². The molecule has 0 saturated heterocycles. The summed E-state index contributed by atoms with van der Waals surface area (Å²) in [6.45, 7) is 0. The van der Waals surface area contributed by atoms with E-state index in [0.717, 1.165) is 0 Å². The summed E-state index contributed by atoms with van der Waals surface area (Å²) in [7, 11) is 0. The first kappa shape index (κ1) is 12.4. The molecular formula is C16H11O4-. The molecule has 0 aromatic heterocycles. The van der Waals surface area contributed by atoms with Crippen LogP contribution in [0.2, 0.25) is 0 Å². The quantitative estimate of drug-likeness (QED) is 0.772. The van der Waals surface area contributed by atoms with E-state index in [9.17, 15) is 14.7 Å². The van der Waals surface area contributed by atoms with Crippen molar-refractivity contribution in [1.82, 2.24) is 0 Å². The summed E-state index contributed by atoms with van der Waals surface area (Å²) in [5.74, 6) is -2.75. The van der Waals surface area contributed by atoms with Crippen LogP contribution in [0.15, 0.2) is 54.6 Å². The molecule has 100 valence electrons. The fraction of sp³-hybridized carbons (Fsp3) is 0.125. The molecule has 0 spiro atoms. The standard InChI is InChI=1S/C16H12O4/c17-15(18)13-11-8-4-5-9-12(11)16(19)20-14(13)10-6-2-1-3-7-10/h1-9,13-14H,(H,17,18)/p-1/t13-,14-/m1/s1. The van der Waals surface area contributed by atoms with Crippen LogP contribution in [0, 0.1) is 0 Å². The molecule has 0 fully saturated rings. The highest BCUT2D eigenvalue weighted by atomic mass is 16.5. The maximum atomic E-state index is 12.0. The Kier molecular flexibility index (Phi) is 2.99. The van der Waals surface area contributed by atoms with E-state index in [1.165, 1.54) is 0 Å².